The Morgan fingerprint density at radius 3 is 2.86 bits per heavy atom. The van der Waals surface area contributed by atoms with Crippen LogP contribution in [0.3, 0.4) is 0 Å². The summed E-state index contributed by atoms with van der Waals surface area (Å²) in [5.41, 5.74) is 0.571. The predicted molar refractivity (Wildman–Crippen MR) is 83.3 cm³/mol. The summed E-state index contributed by atoms with van der Waals surface area (Å²) in [4.78, 5) is 0. The SMILES string of the molecule is COc1ccc(F)c(NC2CCCC2C2CCCCN2)c1. The molecule has 21 heavy (non-hydrogen) atoms. The summed E-state index contributed by atoms with van der Waals surface area (Å²) in [6.45, 7) is 1.13. The van der Waals surface area contributed by atoms with Crippen molar-refractivity contribution in [1.29, 1.82) is 0 Å². The van der Waals surface area contributed by atoms with Gasteiger partial charge in [-0.2, -0.15) is 0 Å². The first-order valence-electron chi connectivity index (χ1n) is 8.11. The van der Waals surface area contributed by atoms with Crippen molar-refractivity contribution in [2.45, 2.75) is 50.6 Å². The van der Waals surface area contributed by atoms with Crippen molar-refractivity contribution in [3.63, 3.8) is 0 Å². The van der Waals surface area contributed by atoms with Crippen LogP contribution in [0.15, 0.2) is 18.2 Å². The van der Waals surface area contributed by atoms with E-state index in [1.165, 1.54) is 38.2 Å². The number of anilines is 1. The third-order valence-corrected chi connectivity index (χ3v) is 4.95. The molecule has 2 fully saturated rings. The molecule has 3 atom stereocenters. The highest BCUT2D eigenvalue weighted by Gasteiger charge is 2.34. The summed E-state index contributed by atoms with van der Waals surface area (Å²) in [7, 11) is 1.61. The molecule has 2 N–H and O–H groups in total. The van der Waals surface area contributed by atoms with Gasteiger partial charge in [0.2, 0.25) is 0 Å². The molecule has 3 nitrogen and oxygen atoms in total. The van der Waals surface area contributed by atoms with Crippen LogP contribution in [0, 0.1) is 11.7 Å². The number of nitrogens with one attached hydrogen (secondary N) is 2. The van der Waals surface area contributed by atoms with Gasteiger partial charge in [-0.1, -0.05) is 12.8 Å². The maximum atomic E-state index is 14.0. The van der Waals surface area contributed by atoms with E-state index in [9.17, 15) is 4.39 Å². The van der Waals surface area contributed by atoms with Crippen LogP contribution < -0.4 is 15.4 Å². The van der Waals surface area contributed by atoms with Gasteiger partial charge in [0.15, 0.2) is 0 Å². The van der Waals surface area contributed by atoms with Gasteiger partial charge in [-0.05, 0) is 50.3 Å². The van der Waals surface area contributed by atoms with E-state index in [1.807, 2.05) is 0 Å². The molecule has 1 aromatic rings. The van der Waals surface area contributed by atoms with E-state index in [0.717, 1.165) is 13.0 Å². The molecule has 4 heteroatoms. The van der Waals surface area contributed by atoms with Gasteiger partial charge in [0.05, 0.1) is 12.8 Å². The van der Waals surface area contributed by atoms with Gasteiger partial charge in [-0.25, -0.2) is 4.39 Å². The minimum atomic E-state index is -0.196. The van der Waals surface area contributed by atoms with Gasteiger partial charge >= 0.3 is 0 Å². The van der Waals surface area contributed by atoms with Crippen molar-refractivity contribution < 1.29 is 9.13 Å². The standard InChI is InChI=1S/C17H25FN2O/c1-21-12-8-9-14(18)17(11-12)20-16-7-4-5-13(16)15-6-2-3-10-19-15/h8-9,11,13,15-16,19-20H,2-7,10H2,1H3. The van der Waals surface area contributed by atoms with Crippen LogP contribution >= 0.6 is 0 Å². The van der Waals surface area contributed by atoms with E-state index in [4.69, 9.17) is 4.74 Å². The molecule has 1 heterocycles. The zero-order chi connectivity index (χ0) is 14.7. The van der Waals surface area contributed by atoms with Crippen LogP contribution in [0.25, 0.3) is 0 Å². The van der Waals surface area contributed by atoms with Crippen molar-refractivity contribution >= 4 is 5.69 Å². The number of methoxy groups -OCH3 is 1. The minimum absolute atomic E-state index is 0.196. The van der Waals surface area contributed by atoms with Gasteiger partial charge in [0, 0.05) is 18.2 Å². The fourth-order valence-corrected chi connectivity index (χ4v) is 3.84. The van der Waals surface area contributed by atoms with Gasteiger partial charge in [0.25, 0.3) is 0 Å². The number of ether oxygens (including phenoxy) is 1. The molecule has 116 valence electrons. The molecule has 0 spiro atoms. The predicted octanol–water partition coefficient (Wildman–Crippen LogP) is 3.56. The van der Waals surface area contributed by atoms with Crippen LogP contribution in [0.4, 0.5) is 10.1 Å². The maximum absolute atomic E-state index is 14.0. The van der Waals surface area contributed by atoms with Gasteiger partial charge in [0.1, 0.15) is 11.6 Å². The minimum Gasteiger partial charge on any atom is -0.497 e. The van der Waals surface area contributed by atoms with Gasteiger partial charge in [-0.15, -0.1) is 0 Å². The Bertz CT molecular complexity index is 474. The Morgan fingerprint density at radius 1 is 1.19 bits per heavy atom. The smallest absolute Gasteiger partial charge is 0.146 e. The average molecular weight is 292 g/mol. The van der Waals surface area contributed by atoms with Crippen LogP contribution in [0.5, 0.6) is 5.75 Å². The Balaban J connectivity index is 1.70. The first kappa shape index (κ1) is 14.6. The van der Waals surface area contributed by atoms with Crippen molar-refractivity contribution in [3.8, 4) is 5.75 Å². The normalized spacial score (nSPS) is 29.3. The number of rotatable bonds is 4. The molecule has 0 bridgehead atoms. The molecule has 1 saturated heterocycles. The molecule has 0 radical (unpaired) electrons. The van der Waals surface area contributed by atoms with E-state index in [2.05, 4.69) is 10.6 Å². The van der Waals surface area contributed by atoms with Crippen LogP contribution in [0.2, 0.25) is 0 Å². The molecular formula is C17H25FN2O. The summed E-state index contributed by atoms with van der Waals surface area (Å²) in [6.07, 6.45) is 7.44. The molecule has 3 rings (SSSR count). The topological polar surface area (TPSA) is 33.3 Å². The molecule has 1 aliphatic heterocycles. The molecule has 2 aliphatic rings. The average Bonchev–Trinajstić information content (AvgIpc) is 2.98. The lowest BCUT2D eigenvalue weighted by Gasteiger charge is -2.33. The van der Waals surface area contributed by atoms with Crippen molar-refractivity contribution in [2.24, 2.45) is 5.92 Å². The molecule has 0 aromatic heterocycles. The lowest BCUT2D eigenvalue weighted by Crippen LogP contribution is -2.44. The number of piperidine rings is 1. The zero-order valence-corrected chi connectivity index (χ0v) is 12.7. The first-order valence-corrected chi connectivity index (χ1v) is 8.11. The lowest BCUT2D eigenvalue weighted by molar-refractivity contribution is 0.286. The third kappa shape index (κ3) is 3.31. The van der Waals surface area contributed by atoms with E-state index in [-0.39, 0.29) is 5.82 Å². The monoisotopic (exact) mass is 292 g/mol. The Morgan fingerprint density at radius 2 is 2.10 bits per heavy atom. The fourth-order valence-electron chi connectivity index (χ4n) is 3.84. The Hall–Kier alpha value is -1.29. The zero-order valence-electron chi connectivity index (χ0n) is 12.7. The second-order valence-corrected chi connectivity index (χ2v) is 6.25. The molecule has 1 aliphatic carbocycles. The largest absolute Gasteiger partial charge is 0.497 e. The second-order valence-electron chi connectivity index (χ2n) is 6.25. The van der Waals surface area contributed by atoms with Crippen molar-refractivity contribution in [2.75, 3.05) is 19.0 Å². The molecule has 3 unspecified atom stereocenters. The van der Waals surface area contributed by atoms with E-state index in [1.54, 1.807) is 19.2 Å². The summed E-state index contributed by atoms with van der Waals surface area (Å²) >= 11 is 0. The Kier molecular flexibility index (Phi) is 4.63. The van der Waals surface area contributed by atoms with Gasteiger partial charge in [-0.3, -0.25) is 0 Å². The fraction of sp³-hybridized carbons (Fsp3) is 0.647. The number of benzene rings is 1. The third-order valence-electron chi connectivity index (χ3n) is 4.95. The van der Waals surface area contributed by atoms with Crippen molar-refractivity contribution in [1.82, 2.24) is 5.32 Å². The first-order chi connectivity index (χ1) is 10.3. The Labute approximate surface area is 126 Å². The summed E-state index contributed by atoms with van der Waals surface area (Å²) in [5.74, 6) is 1.11. The lowest BCUT2D eigenvalue weighted by atomic mass is 9.88. The molecule has 1 aromatic carbocycles. The van der Waals surface area contributed by atoms with Crippen molar-refractivity contribution in [3.05, 3.63) is 24.0 Å². The maximum Gasteiger partial charge on any atom is 0.146 e. The molecule has 0 amide bonds. The number of hydrogen-bond acceptors (Lipinski definition) is 3. The highest BCUT2D eigenvalue weighted by atomic mass is 19.1. The van der Waals surface area contributed by atoms with E-state index in [0.29, 0.717) is 29.4 Å². The summed E-state index contributed by atoms with van der Waals surface area (Å²) < 4.78 is 19.2. The van der Waals surface area contributed by atoms with Crippen LogP contribution in [-0.4, -0.2) is 25.7 Å². The van der Waals surface area contributed by atoms with E-state index < -0.39 is 0 Å². The van der Waals surface area contributed by atoms with Gasteiger partial charge < -0.3 is 15.4 Å². The molecular weight excluding hydrogens is 267 g/mol. The summed E-state index contributed by atoms with van der Waals surface area (Å²) in [5, 5.41) is 7.09. The molecule has 1 saturated carbocycles. The highest BCUT2D eigenvalue weighted by molar-refractivity contribution is 5.50. The van der Waals surface area contributed by atoms with Crippen LogP contribution in [-0.2, 0) is 0 Å². The number of halogens is 1. The highest BCUT2D eigenvalue weighted by Crippen LogP contribution is 2.34. The summed E-state index contributed by atoms with van der Waals surface area (Å²) in [6, 6.07) is 5.85. The van der Waals surface area contributed by atoms with E-state index >= 15 is 0 Å². The second kappa shape index (κ2) is 6.65. The van der Waals surface area contributed by atoms with Crippen LogP contribution in [0.1, 0.15) is 38.5 Å². The quantitative estimate of drug-likeness (QED) is 0.890. The number of hydrogen-bond donors (Lipinski definition) is 2.